The van der Waals surface area contributed by atoms with Crippen LogP contribution in [0.1, 0.15) is 13.8 Å². The molecule has 1 N–H and O–H groups in total. The summed E-state index contributed by atoms with van der Waals surface area (Å²) in [6.45, 7) is 10.5. The standard InChI is InChI=1S/C23H26ClN5OS/c1-4-15-29-22(19-9-7-8-10-20(19)24)26-27-23(29)31-16-21(30)25-17-11-13-18(14-12-17)28(5-2)6-3/h4,7-14H,1,5-6,15-16H2,2-3H3,(H,25,30). The molecule has 1 aromatic heterocycles. The van der Waals surface area contributed by atoms with Crippen molar-refractivity contribution in [3.05, 3.63) is 66.2 Å². The predicted octanol–water partition coefficient (Wildman–Crippen LogP) is 5.36. The molecule has 3 rings (SSSR count). The first kappa shape index (κ1) is 22.9. The molecule has 0 atom stereocenters. The lowest BCUT2D eigenvalue weighted by Crippen LogP contribution is -2.21. The molecule has 0 unspecified atom stereocenters. The first-order valence-corrected chi connectivity index (χ1v) is 11.5. The number of nitrogens with zero attached hydrogens (tertiary/aromatic N) is 4. The third kappa shape index (κ3) is 5.68. The number of allylic oxidation sites excluding steroid dienone is 1. The van der Waals surface area contributed by atoms with Crippen LogP contribution in [0.25, 0.3) is 11.4 Å². The molecule has 31 heavy (non-hydrogen) atoms. The quantitative estimate of drug-likeness (QED) is 0.329. The second kappa shape index (κ2) is 11.0. The van der Waals surface area contributed by atoms with Crippen molar-refractivity contribution >= 4 is 40.6 Å². The largest absolute Gasteiger partial charge is 0.372 e. The number of carbonyl (C=O) groups is 1. The van der Waals surface area contributed by atoms with E-state index in [0.717, 1.165) is 30.0 Å². The van der Waals surface area contributed by atoms with Crippen molar-refractivity contribution in [1.82, 2.24) is 14.8 Å². The van der Waals surface area contributed by atoms with E-state index in [4.69, 9.17) is 11.6 Å². The number of rotatable bonds is 10. The van der Waals surface area contributed by atoms with E-state index in [0.29, 0.717) is 22.5 Å². The minimum absolute atomic E-state index is 0.104. The Labute approximate surface area is 192 Å². The van der Waals surface area contributed by atoms with Gasteiger partial charge in [-0.15, -0.1) is 16.8 Å². The van der Waals surface area contributed by atoms with E-state index in [1.165, 1.54) is 11.8 Å². The van der Waals surface area contributed by atoms with Gasteiger partial charge in [-0.3, -0.25) is 9.36 Å². The highest BCUT2D eigenvalue weighted by Crippen LogP contribution is 2.29. The minimum Gasteiger partial charge on any atom is -0.372 e. The van der Waals surface area contributed by atoms with Gasteiger partial charge < -0.3 is 10.2 Å². The fourth-order valence-corrected chi connectivity index (χ4v) is 4.17. The number of halogens is 1. The first-order valence-electron chi connectivity index (χ1n) is 10.1. The van der Waals surface area contributed by atoms with Crippen molar-refractivity contribution in [2.45, 2.75) is 25.5 Å². The second-order valence-corrected chi connectivity index (χ2v) is 8.09. The minimum atomic E-state index is -0.104. The van der Waals surface area contributed by atoms with Crippen LogP contribution >= 0.6 is 23.4 Å². The average Bonchev–Trinajstić information content (AvgIpc) is 3.17. The molecule has 0 bridgehead atoms. The smallest absolute Gasteiger partial charge is 0.234 e. The van der Waals surface area contributed by atoms with Crippen molar-refractivity contribution < 1.29 is 4.79 Å². The highest BCUT2D eigenvalue weighted by Gasteiger charge is 2.16. The van der Waals surface area contributed by atoms with Crippen molar-refractivity contribution in [3.63, 3.8) is 0 Å². The molecule has 0 aliphatic heterocycles. The molecule has 0 aliphatic carbocycles. The lowest BCUT2D eigenvalue weighted by molar-refractivity contribution is -0.113. The molecule has 8 heteroatoms. The van der Waals surface area contributed by atoms with Crippen molar-refractivity contribution in [1.29, 1.82) is 0 Å². The maximum Gasteiger partial charge on any atom is 0.234 e. The van der Waals surface area contributed by atoms with Gasteiger partial charge in [0.2, 0.25) is 5.91 Å². The molecule has 0 aliphatic rings. The van der Waals surface area contributed by atoms with E-state index in [1.807, 2.05) is 53.1 Å². The van der Waals surface area contributed by atoms with E-state index in [9.17, 15) is 4.79 Å². The molecule has 0 saturated heterocycles. The maximum atomic E-state index is 12.5. The third-order valence-corrected chi connectivity index (χ3v) is 6.05. The normalized spacial score (nSPS) is 10.7. The summed E-state index contributed by atoms with van der Waals surface area (Å²) in [4.78, 5) is 14.7. The Morgan fingerprint density at radius 2 is 1.87 bits per heavy atom. The van der Waals surface area contributed by atoms with Gasteiger partial charge in [0.05, 0.1) is 10.8 Å². The summed E-state index contributed by atoms with van der Waals surface area (Å²) in [6.07, 6.45) is 1.77. The van der Waals surface area contributed by atoms with Crippen LogP contribution in [0.15, 0.2) is 66.3 Å². The highest BCUT2D eigenvalue weighted by molar-refractivity contribution is 7.99. The monoisotopic (exact) mass is 455 g/mol. The van der Waals surface area contributed by atoms with E-state index < -0.39 is 0 Å². The van der Waals surface area contributed by atoms with Crippen LogP contribution < -0.4 is 10.2 Å². The van der Waals surface area contributed by atoms with Gasteiger partial charge in [-0.1, -0.05) is 41.6 Å². The topological polar surface area (TPSA) is 63.1 Å². The highest BCUT2D eigenvalue weighted by atomic mass is 35.5. The van der Waals surface area contributed by atoms with Gasteiger partial charge in [0.25, 0.3) is 0 Å². The van der Waals surface area contributed by atoms with Crippen LogP contribution in [0.5, 0.6) is 0 Å². The van der Waals surface area contributed by atoms with Gasteiger partial charge >= 0.3 is 0 Å². The van der Waals surface area contributed by atoms with E-state index in [-0.39, 0.29) is 11.7 Å². The van der Waals surface area contributed by atoms with Crippen molar-refractivity contribution in [2.24, 2.45) is 0 Å². The molecule has 6 nitrogen and oxygen atoms in total. The van der Waals surface area contributed by atoms with Crippen LogP contribution in [0, 0.1) is 0 Å². The van der Waals surface area contributed by atoms with Gasteiger partial charge in [0, 0.05) is 36.6 Å². The number of thioether (sulfide) groups is 1. The fraction of sp³-hybridized carbons (Fsp3) is 0.261. The Morgan fingerprint density at radius 1 is 1.16 bits per heavy atom. The molecule has 0 radical (unpaired) electrons. The molecule has 2 aromatic carbocycles. The number of benzene rings is 2. The Kier molecular flexibility index (Phi) is 8.14. The zero-order valence-electron chi connectivity index (χ0n) is 17.7. The Bertz CT molecular complexity index is 1030. The number of anilines is 2. The van der Waals surface area contributed by atoms with Gasteiger partial charge in [-0.25, -0.2) is 0 Å². The zero-order chi connectivity index (χ0) is 22.2. The summed E-state index contributed by atoms with van der Waals surface area (Å²) in [5.74, 6) is 0.767. The van der Waals surface area contributed by atoms with Crippen molar-refractivity contribution in [3.8, 4) is 11.4 Å². The molecule has 0 fully saturated rings. The summed E-state index contributed by atoms with van der Waals surface area (Å²) in [5.41, 5.74) is 2.70. The zero-order valence-corrected chi connectivity index (χ0v) is 19.3. The van der Waals surface area contributed by atoms with Crippen LogP contribution in [0.3, 0.4) is 0 Å². The molecule has 3 aromatic rings. The maximum absolute atomic E-state index is 12.5. The van der Waals surface area contributed by atoms with E-state index in [1.54, 1.807) is 6.08 Å². The summed E-state index contributed by atoms with van der Waals surface area (Å²) in [5, 5.41) is 12.7. The van der Waals surface area contributed by atoms with Crippen LogP contribution in [0.2, 0.25) is 5.02 Å². The molecule has 162 valence electrons. The number of hydrogen-bond acceptors (Lipinski definition) is 5. The molecule has 0 spiro atoms. The average molecular weight is 456 g/mol. The molecular weight excluding hydrogens is 430 g/mol. The number of carbonyl (C=O) groups excluding carboxylic acids is 1. The lowest BCUT2D eigenvalue weighted by Gasteiger charge is -2.21. The Morgan fingerprint density at radius 3 is 2.52 bits per heavy atom. The Balaban J connectivity index is 1.66. The molecule has 1 amide bonds. The SMILES string of the molecule is C=CCn1c(SCC(=O)Nc2ccc(N(CC)CC)cc2)nnc1-c1ccccc1Cl. The Hall–Kier alpha value is -2.77. The lowest BCUT2D eigenvalue weighted by atomic mass is 10.2. The fourth-order valence-electron chi connectivity index (χ4n) is 3.20. The first-order chi connectivity index (χ1) is 15.1. The summed E-state index contributed by atoms with van der Waals surface area (Å²) >= 11 is 7.66. The summed E-state index contributed by atoms with van der Waals surface area (Å²) in [7, 11) is 0. The predicted molar refractivity (Wildman–Crippen MR) is 130 cm³/mol. The van der Waals surface area contributed by atoms with Crippen LogP contribution in [0.4, 0.5) is 11.4 Å². The number of amides is 1. The van der Waals surface area contributed by atoms with Gasteiger partial charge in [0.15, 0.2) is 11.0 Å². The van der Waals surface area contributed by atoms with Crippen LogP contribution in [-0.4, -0.2) is 39.5 Å². The van der Waals surface area contributed by atoms with Gasteiger partial charge in [-0.2, -0.15) is 0 Å². The van der Waals surface area contributed by atoms with Gasteiger partial charge in [-0.05, 0) is 50.2 Å². The number of hydrogen-bond donors (Lipinski definition) is 1. The third-order valence-electron chi connectivity index (χ3n) is 4.76. The van der Waals surface area contributed by atoms with Crippen LogP contribution in [-0.2, 0) is 11.3 Å². The summed E-state index contributed by atoms with van der Waals surface area (Å²) in [6, 6.07) is 15.4. The molecular formula is C23H26ClN5OS. The second-order valence-electron chi connectivity index (χ2n) is 6.74. The molecule has 0 saturated carbocycles. The summed E-state index contributed by atoms with van der Waals surface area (Å²) < 4.78 is 1.91. The van der Waals surface area contributed by atoms with E-state index in [2.05, 4.69) is 40.8 Å². The van der Waals surface area contributed by atoms with Crippen molar-refractivity contribution in [2.75, 3.05) is 29.1 Å². The van der Waals surface area contributed by atoms with Gasteiger partial charge in [0.1, 0.15) is 0 Å². The molecule has 1 heterocycles. The van der Waals surface area contributed by atoms with E-state index >= 15 is 0 Å². The number of nitrogens with one attached hydrogen (secondary N) is 1. The number of aromatic nitrogens is 3.